The normalized spacial score (nSPS) is 10.3. The highest BCUT2D eigenvalue weighted by molar-refractivity contribution is 5.83. The Kier molecular flexibility index (Phi) is 1.37. The molecule has 1 heterocycles. The van der Waals surface area contributed by atoms with Crippen LogP contribution in [0.1, 0.15) is 0 Å². The predicted octanol–water partition coefficient (Wildman–Crippen LogP) is 1.40. The van der Waals surface area contributed by atoms with Gasteiger partial charge in [0.25, 0.3) is 0 Å². The number of anilines is 2. The second-order valence-corrected chi connectivity index (χ2v) is 2.72. The lowest BCUT2D eigenvalue weighted by Crippen LogP contribution is -1.89. The zero-order valence-electron chi connectivity index (χ0n) is 6.49. The summed E-state index contributed by atoms with van der Waals surface area (Å²) < 4.78 is 0. The van der Waals surface area contributed by atoms with Crippen LogP contribution in [0, 0.1) is 0 Å². The lowest BCUT2D eigenvalue weighted by atomic mass is 10.2. The van der Waals surface area contributed by atoms with Gasteiger partial charge in [0.1, 0.15) is 0 Å². The summed E-state index contributed by atoms with van der Waals surface area (Å²) in [4.78, 5) is 4.14. The number of aromatic nitrogens is 1. The minimum absolute atomic E-state index is 0.673. The van der Waals surface area contributed by atoms with E-state index in [1.54, 1.807) is 6.20 Å². The molecule has 0 fully saturated rings. The number of nitrogen functional groups attached to an aromatic ring is 2. The van der Waals surface area contributed by atoms with Crippen LogP contribution < -0.4 is 11.5 Å². The van der Waals surface area contributed by atoms with Crippen LogP contribution in [0.15, 0.2) is 30.5 Å². The van der Waals surface area contributed by atoms with Gasteiger partial charge in [-0.3, -0.25) is 4.98 Å². The Hall–Kier alpha value is -1.77. The van der Waals surface area contributed by atoms with Crippen LogP contribution in [0.25, 0.3) is 10.9 Å². The van der Waals surface area contributed by atoms with Crippen molar-refractivity contribution in [2.75, 3.05) is 11.5 Å². The molecular formula is C9H9N3. The van der Waals surface area contributed by atoms with Crippen LogP contribution in [0.4, 0.5) is 11.4 Å². The molecule has 3 nitrogen and oxygen atoms in total. The molecule has 12 heavy (non-hydrogen) atoms. The fraction of sp³-hybridized carbons (Fsp3) is 0. The zero-order chi connectivity index (χ0) is 8.55. The summed E-state index contributed by atoms with van der Waals surface area (Å²) in [7, 11) is 0. The second kappa shape index (κ2) is 2.37. The Labute approximate surface area is 70.0 Å². The molecule has 0 aliphatic carbocycles. The molecule has 3 heteroatoms. The molecule has 2 rings (SSSR count). The smallest absolute Gasteiger partial charge is 0.0724 e. The van der Waals surface area contributed by atoms with Crippen molar-refractivity contribution in [1.82, 2.24) is 4.98 Å². The Morgan fingerprint density at radius 1 is 1.00 bits per heavy atom. The highest BCUT2D eigenvalue weighted by Crippen LogP contribution is 2.16. The summed E-state index contributed by atoms with van der Waals surface area (Å²) in [6, 6.07) is 7.45. The van der Waals surface area contributed by atoms with Crippen LogP contribution in [0.5, 0.6) is 0 Å². The molecule has 0 saturated heterocycles. The first-order valence-corrected chi connectivity index (χ1v) is 3.66. The number of hydrogen-bond donors (Lipinski definition) is 2. The second-order valence-electron chi connectivity index (χ2n) is 2.72. The monoisotopic (exact) mass is 159 g/mol. The Balaban J connectivity index is 2.79. The van der Waals surface area contributed by atoms with Gasteiger partial charge >= 0.3 is 0 Å². The summed E-state index contributed by atoms with van der Waals surface area (Å²) in [5.74, 6) is 0. The number of fused-ring (bicyclic) bond motifs is 1. The fourth-order valence-electron chi connectivity index (χ4n) is 1.16. The van der Waals surface area contributed by atoms with Crippen LogP contribution in [-0.4, -0.2) is 4.98 Å². The van der Waals surface area contributed by atoms with Crippen molar-refractivity contribution in [2.24, 2.45) is 0 Å². The van der Waals surface area contributed by atoms with Gasteiger partial charge in [-0.05, 0) is 18.2 Å². The molecule has 1 aromatic heterocycles. The van der Waals surface area contributed by atoms with E-state index < -0.39 is 0 Å². The number of nitrogens with two attached hydrogens (primary N) is 2. The maximum absolute atomic E-state index is 5.59. The van der Waals surface area contributed by atoms with Crippen molar-refractivity contribution in [1.29, 1.82) is 0 Å². The van der Waals surface area contributed by atoms with Crippen molar-refractivity contribution in [3.63, 3.8) is 0 Å². The van der Waals surface area contributed by atoms with Crippen LogP contribution >= 0.6 is 0 Å². The van der Waals surface area contributed by atoms with Crippen LogP contribution in [-0.2, 0) is 0 Å². The molecule has 0 unspecified atom stereocenters. The van der Waals surface area contributed by atoms with E-state index in [1.807, 2.05) is 24.3 Å². The van der Waals surface area contributed by atoms with E-state index in [2.05, 4.69) is 4.98 Å². The van der Waals surface area contributed by atoms with Gasteiger partial charge in [-0.2, -0.15) is 0 Å². The van der Waals surface area contributed by atoms with Crippen molar-refractivity contribution in [3.8, 4) is 0 Å². The van der Waals surface area contributed by atoms with Gasteiger partial charge in [-0.1, -0.05) is 6.07 Å². The third-order valence-electron chi connectivity index (χ3n) is 1.73. The molecule has 0 saturated carbocycles. The predicted molar refractivity (Wildman–Crippen MR) is 50.6 cm³/mol. The van der Waals surface area contributed by atoms with Gasteiger partial charge in [0.2, 0.25) is 0 Å². The molecule has 0 spiro atoms. The molecule has 1 aromatic carbocycles. The van der Waals surface area contributed by atoms with E-state index in [1.165, 1.54) is 0 Å². The Bertz CT molecular complexity index is 382. The number of pyridine rings is 1. The summed E-state index contributed by atoms with van der Waals surface area (Å²) in [5.41, 5.74) is 13.4. The van der Waals surface area contributed by atoms with Gasteiger partial charge in [0.15, 0.2) is 0 Å². The van der Waals surface area contributed by atoms with Gasteiger partial charge in [-0.15, -0.1) is 0 Å². The average Bonchev–Trinajstić information content (AvgIpc) is 2.05. The van der Waals surface area contributed by atoms with E-state index in [0.29, 0.717) is 5.69 Å². The highest BCUT2D eigenvalue weighted by Gasteiger charge is 1.94. The number of rotatable bonds is 0. The van der Waals surface area contributed by atoms with Gasteiger partial charge in [0, 0.05) is 11.1 Å². The molecule has 0 amide bonds. The Morgan fingerprint density at radius 3 is 2.67 bits per heavy atom. The molecule has 0 bridgehead atoms. The molecule has 0 aliphatic rings. The fourth-order valence-corrected chi connectivity index (χ4v) is 1.16. The number of nitrogens with zero attached hydrogens (tertiary/aromatic N) is 1. The van der Waals surface area contributed by atoms with Gasteiger partial charge in [0.05, 0.1) is 17.4 Å². The maximum Gasteiger partial charge on any atom is 0.0724 e. The van der Waals surface area contributed by atoms with E-state index in [-0.39, 0.29) is 0 Å². The summed E-state index contributed by atoms with van der Waals surface area (Å²) in [5, 5.41) is 1.02. The largest absolute Gasteiger partial charge is 0.399 e. The minimum atomic E-state index is 0.673. The van der Waals surface area contributed by atoms with Crippen LogP contribution in [0.2, 0.25) is 0 Å². The quantitative estimate of drug-likeness (QED) is 0.571. The molecule has 60 valence electrons. The minimum Gasteiger partial charge on any atom is -0.399 e. The number of benzene rings is 1. The van der Waals surface area contributed by atoms with Crippen molar-refractivity contribution >= 4 is 22.3 Å². The average molecular weight is 159 g/mol. The Morgan fingerprint density at radius 2 is 1.83 bits per heavy atom. The van der Waals surface area contributed by atoms with Crippen molar-refractivity contribution in [2.45, 2.75) is 0 Å². The summed E-state index contributed by atoms with van der Waals surface area (Å²) in [6.45, 7) is 0. The van der Waals surface area contributed by atoms with Crippen molar-refractivity contribution in [3.05, 3.63) is 30.5 Å². The first-order chi connectivity index (χ1) is 5.75. The first-order valence-electron chi connectivity index (χ1n) is 3.66. The lowest BCUT2D eigenvalue weighted by Gasteiger charge is -1.98. The maximum atomic E-state index is 5.59. The molecule has 0 atom stereocenters. The topological polar surface area (TPSA) is 64.9 Å². The van der Waals surface area contributed by atoms with Crippen molar-refractivity contribution < 1.29 is 0 Å². The third kappa shape index (κ3) is 1.05. The van der Waals surface area contributed by atoms with Crippen LogP contribution in [0.3, 0.4) is 0 Å². The lowest BCUT2D eigenvalue weighted by molar-refractivity contribution is 1.41. The molecular weight excluding hydrogens is 150 g/mol. The molecule has 2 aromatic rings. The van der Waals surface area contributed by atoms with E-state index in [9.17, 15) is 0 Å². The first kappa shape index (κ1) is 6.91. The summed E-state index contributed by atoms with van der Waals surface area (Å²) in [6.07, 6.45) is 1.63. The summed E-state index contributed by atoms with van der Waals surface area (Å²) >= 11 is 0. The highest BCUT2D eigenvalue weighted by atomic mass is 14.7. The van der Waals surface area contributed by atoms with E-state index in [4.69, 9.17) is 11.5 Å². The molecule has 0 radical (unpaired) electrons. The SMILES string of the molecule is Nc1cnc2cc(N)ccc2c1. The molecule has 0 aliphatic heterocycles. The van der Waals surface area contributed by atoms with E-state index in [0.717, 1.165) is 16.6 Å². The van der Waals surface area contributed by atoms with E-state index >= 15 is 0 Å². The standard InChI is InChI=1S/C9H9N3/c10-7-2-1-6-3-8(11)5-12-9(6)4-7/h1-5H,10-11H2. The third-order valence-corrected chi connectivity index (χ3v) is 1.73. The molecule has 4 N–H and O–H groups in total. The van der Waals surface area contributed by atoms with Gasteiger partial charge in [-0.25, -0.2) is 0 Å². The number of hydrogen-bond acceptors (Lipinski definition) is 3. The van der Waals surface area contributed by atoms with Gasteiger partial charge < -0.3 is 11.5 Å². The zero-order valence-corrected chi connectivity index (χ0v) is 6.49.